The number of rotatable bonds is 4. The molecule has 2 aromatic rings. The molecule has 0 spiro atoms. The van der Waals surface area contributed by atoms with Crippen LogP contribution in [0.5, 0.6) is 0 Å². The predicted octanol–water partition coefficient (Wildman–Crippen LogP) is 3.40. The number of anilines is 1. The number of H-pyrrole nitrogens is 1. The minimum Gasteiger partial charge on any atom is -0.325 e. The van der Waals surface area contributed by atoms with Gasteiger partial charge in [-0.05, 0) is 49.9 Å². The van der Waals surface area contributed by atoms with E-state index in [2.05, 4.69) is 15.3 Å². The number of amides is 1. The summed E-state index contributed by atoms with van der Waals surface area (Å²) in [6, 6.07) is 4.24. The van der Waals surface area contributed by atoms with Gasteiger partial charge in [-0.3, -0.25) is 4.79 Å². The van der Waals surface area contributed by atoms with Crippen molar-refractivity contribution in [1.29, 1.82) is 0 Å². The number of aryl methyl sites for hydroxylation is 1. The number of nitrogens with zero attached hydrogens (tertiary/aromatic N) is 1. The van der Waals surface area contributed by atoms with Gasteiger partial charge in [0.2, 0.25) is 5.91 Å². The number of hydrogen-bond acceptors (Lipinski definition) is 4. The van der Waals surface area contributed by atoms with Crippen molar-refractivity contribution in [2.45, 2.75) is 36.9 Å². The zero-order valence-corrected chi connectivity index (χ0v) is 14.5. The highest BCUT2D eigenvalue weighted by Gasteiger charge is 2.30. The van der Waals surface area contributed by atoms with Crippen LogP contribution >= 0.6 is 11.8 Å². The van der Waals surface area contributed by atoms with Crippen molar-refractivity contribution in [3.05, 3.63) is 51.6 Å². The maximum absolute atomic E-state index is 12.5. The number of hydrogen-bond donors (Lipinski definition) is 2. The summed E-state index contributed by atoms with van der Waals surface area (Å²) in [5.41, 5.74) is 0.926. The third-order valence-corrected chi connectivity index (χ3v) is 5.04. The standard InChI is InChI=1S/C17H16F3N3O2S/c18-17(19,20)10-5-7-11(8-6-10)21-14(24)9-26-15-12-3-1-2-4-13(12)22-16(25)23-15/h5-8H,1-4,9H2,(H,21,24)(H,22,23,25). The summed E-state index contributed by atoms with van der Waals surface area (Å²) in [6.07, 6.45) is -0.804. The first kappa shape index (κ1) is 18.5. The first-order valence-electron chi connectivity index (χ1n) is 8.05. The highest BCUT2D eigenvalue weighted by atomic mass is 32.2. The maximum atomic E-state index is 12.5. The van der Waals surface area contributed by atoms with E-state index < -0.39 is 17.4 Å². The molecule has 0 atom stereocenters. The highest BCUT2D eigenvalue weighted by molar-refractivity contribution is 8.00. The van der Waals surface area contributed by atoms with Crippen LogP contribution in [0.15, 0.2) is 34.1 Å². The first-order chi connectivity index (χ1) is 12.3. The molecule has 1 aromatic carbocycles. The van der Waals surface area contributed by atoms with Crippen molar-refractivity contribution in [1.82, 2.24) is 9.97 Å². The SMILES string of the molecule is O=C(CSc1nc(=O)[nH]c2c1CCCC2)Nc1ccc(C(F)(F)F)cc1. The Bertz CT molecular complexity index is 863. The number of carbonyl (C=O) groups is 1. The summed E-state index contributed by atoms with van der Waals surface area (Å²) in [5.74, 6) is -0.356. The lowest BCUT2D eigenvalue weighted by Crippen LogP contribution is -2.21. The molecular weight excluding hydrogens is 367 g/mol. The molecule has 0 aliphatic heterocycles. The smallest absolute Gasteiger partial charge is 0.325 e. The van der Waals surface area contributed by atoms with Crippen LogP contribution in [0.25, 0.3) is 0 Å². The molecule has 1 amide bonds. The van der Waals surface area contributed by atoms with Crippen molar-refractivity contribution in [2.75, 3.05) is 11.1 Å². The van der Waals surface area contributed by atoms with Crippen molar-refractivity contribution in [3.63, 3.8) is 0 Å². The zero-order chi connectivity index (χ0) is 18.7. The average molecular weight is 383 g/mol. The van der Waals surface area contributed by atoms with E-state index in [1.165, 1.54) is 12.1 Å². The van der Waals surface area contributed by atoms with E-state index in [-0.39, 0.29) is 17.3 Å². The lowest BCUT2D eigenvalue weighted by Gasteiger charge is -2.17. The van der Waals surface area contributed by atoms with Crippen LogP contribution in [-0.2, 0) is 23.8 Å². The fraction of sp³-hybridized carbons (Fsp3) is 0.353. The summed E-state index contributed by atoms with van der Waals surface area (Å²) in [6.45, 7) is 0. The van der Waals surface area contributed by atoms with Gasteiger partial charge in [0.05, 0.1) is 11.3 Å². The molecule has 3 rings (SSSR count). The molecule has 138 valence electrons. The molecule has 0 saturated carbocycles. The summed E-state index contributed by atoms with van der Waals surface area (Å²) in [7, 11) is 0. The molecule has 9 heteroatoms. The molecule has 5 nitrogen and oxygen atoms in total. The van der Waals surface area contributed by atoms with Crippen LogP contribution < -0.4 is 11.0 Å². The van der Waals surface area contributed by atoms with E-state index in [0.29, 0.717) is 5.03 Å². The van der Waals surface area contributed by atoms with Gasteiger partial charge < -0.3 is 10.3 Å². The Morgan fingerprint density at radius 1 is 1.19 bits per heavy atom. The largest absolute Gasteiger partial charge is 0.416 e. The molecule has 2 N–H and O–H groups in total. The van der Waals surface area contributed by atoms with Gasteiger partial charge in [-0.1, -0.05) is 11.8 Å². The Morgan fingerprint density at radius 3 is 2.58 bits per heavy atom. The molecule has 1 aliphatic carbocycles. The van der Waals surface area contributed by atoms with Gasteiger partial charge in [0.15, 0.2) is 0 Å². The van der Waals surface area contributed by atoms with Gasteiger partial charge in [0.25, 0.3) is 0 Å². The number of aromatic nitrogens is 2. The number of fused-ring (bicyclic) bond motifs is 1. The Labute approximate surface area is 151 Å². The van der Waals surface area contributed by atoms with E-state index in [0.717, 1.165) is 60.8 Å². The first-order valence-corrected chi connectivity index (χ1v) is 9.03. The molecule has 0 fully saturated rings. The number of benzene rings is 1. The van der Waals surface area contributed by atoms with Crippen molar-refractivity contribution in [2.24, 2.45) is 0 Å². The average Bonchev–Trinajstić information content (AvgIpc) is 2.59. The normalized spacial score (nSPS) is 14.0. The van der Waals surface area contributed by atoms with Gasteiger partial charge in [0.1, 0.15) is 5.03 Å². The van der Waals surface area contributed by atoms with Crippen molar-refractivity contribution in [3.8, 4) is 0 Å². The van der Waals surface area contributed by atoms with Crippen molar-refractivity contribution < 1.29 is 18.0 Å². The molecule has 1 heterocycles. The molecule has 0 bridgehead atoms. The minimum absolute atomic E-state index is 0.0178. The third kappa shape index (κ3) is 4.46. The van der Waals surface area contributed by atoms with Gasteiger partial charge in [-0.15, -0.1) is 0 Å². The number of nitrogens with one attached hydrogen (secondary N) is 2. The van der Waals surface area contributed by atoms with E-state index in [9.17, 15) is 22.8 Å². The second-order valence-electron chi connectivity index (χ2n) is 5.92. The monoisotopic (exact) mass is 383 g/mol. The Morgan fingerprint density at radius 2 is 1.88 bits per heavy atom. The molecule has 1 aliphatic rings. The number of alkyl halides is 3. The molecule has 0 radical (unpaired) electrons. The fourth-order valence-corrected chi connectivity index (χ4v) is 3.68. The predicted molar refractivity (Wildman–Crippen MR) is 92.3 cm³/mol. The van der Waals surface area contributed by atoms with Gasteiger partial charge in [-0.25, -0.2) is 4.79 Å². The Kier molecular flexibility index (Phi) is 5.36. The molecule has 0 unspecified atom stereocenters. The highest BCUT2D eigenvalue weighted by Crippen LogP contribution is 2.30. The molecule has 1 aromatic heterocycles. The summed E-state index contributed by atoms with van der Waals surface area (Å²) in [4.78, 5) is 30.4. The van der Waals surface area contributed by atoms with Crippen LogP contribution in [0.3, 0.4) is 0 Å². The second-order valence-corrected chi connectivity index (χ2v) is 6.89. The van der Waals surface area contributed by atoms with Crippen LogP contribution in [0.4, 0.5) is 18.9 Å². The molecule has 0 saturated heterocycles. The van der Waals surface area contributed by atoms with Crippen molar-refractivity contribution >= 4 is 23.4 Å². The quantitative estimate of drug-likeness (QED) is 0.627. The van der Waals surface area contributed by atoms with Gasteiger partial charge >= 0.3 is 11.9 Å². The van der Waals surface area contributed by atoms with Gasteiger partial charge in [-0.2, -0.15) is 18.2 Å². The lowest BCUT2D eigenvalue weighted by molar-refractivity contribution is -0.137. The fourth-order valence-electron chi connectivity index (χ4n) is 2.79. The van der Waals surface area contributed by atoms with Crippen LogP contribution in [0.2, 0.25) is 0 Å². The number of carbonyl (C=O) groups excluding carboxylic acids is 1. The summed E-state index contributed by atoms with van der Waals surface area (Å²) < 4.78 is 37.6. The van der Waals surface area contributed by atoms with Gasteiger partial charge in [0, 0.05) is 16.9 Å². The molecular formula is C17H16F3N3O2S. The van der Waals surface area contributed by atoms with E-state index in [4.69, 9.17) is 0 Å². The van der Waals surface area contributed by atoms with E-state index >= 15 is 0 Å². The zero-order valence-electron chi connectivity index (χ0n) is 13.7. The maximum Gasteiger partial charge on any atom is 0.416 e. The summed E-state index contributed by atoms with van der Waals surface area (Å²) >= 11 is 1.16. The van der Waals surface area contributed by atoms with E-state index in [1.807, 2.05) is 0 Å². The second kappa shape index (κ2) is 7.53. The number of aromatic amines is 1. The number of thioether (sulfide) groups is 1. The van der Waals surface area contributed by atoms with Crippen LogP contribution in [-0.4, -0.2) is 21.6 Å². The van der Waals surface area contributed by atoms with Crippen LogP contribution in [0, 0.1) is 0 Å². The molecule has 26 heavy (non-hydrogen) atoms. The Hall–Kier alpha value is -2.29. The summed E-state index contributed by atoms with van der Waals surface area (Å²) in [5, 5.41) is 3.09. The Balaban J connectivity index is 1.63. The lowest BCUT2D eigenvalue weighted by atomic mass is 9.98. The topological polar surface area (TPSA) is 74.8 Å². The van der Waals surface area contributed by atoms with E-state index in [1.54, 1.807) is 0 Å². The third-order valence-electron chi connectivity index (χ3n) is 4.02. The number of halogens is 3. The van der Waals surface area contributed by atoms with Crippen LogP contribution in [0.1, 0.15) is 29.7 Å². The minimum atomic E-state index is -4.41.